The molecule has 0 fully saturated rings. The Labute approximate surface area is 179 Å². The summed E-state index contributed by atoms with van der Waals surface area (Å²) in [7, 11) is 1.52. The number of ether oxygens (including phenoxy) is 2. The van der Waals surface area contributed by atoms with Crippen LogP contribution >= 0.6 is 0 Å². The lowest BCUT2D eigenvalue weighted by Crippen LogP contribution is -2.17. The molecule has 0 unspecified atom stereocenters. The third kappa shape index (κ3) is 6.68. The number of nitrogens with one attached hydrogen (secondary N) is 2. The van der Waals surface area contributed by atoms with Crippen LogP contribution in [0.3, 0.4) is 0 Å². The minimum atomic E-state index is -0.607. The van der Waals surface area contributed by atoms with E-state index < -0.39 is 6.09 Å². The van der Waals surface area contributed by atoms with Gasteiger partial charge in [-0.15, -0.1) is 0 Å². The van der Waals surface area contributed by atoms with E-state index in [-0.39, 0.29) is 24.8 Å². The van der Waals surface area contributed by atoms with E-state index >= 15 is 0 Å². The molecule has 31 heavy (non-hydrogen) atoms. The van der Waals surface area contributed by atoms with Crippen molar-refractivity contribution in [2.24, 2.45) is 0 Å². The highest BCUT2D eigenvalue weighted by Crippen LogP contribution is 2.25. The van der Waals surface area contributed by atoms with Gasteiger partial charge in [0.25, 0.3) is 0 Å². The van der Waals surface area contributed by atoms with Gasteiger partial charge in [-0.2, -0.15) is 0 Å². The van der Waals surface area contributed by atoms with Crippen LogP contribution in [-0.4, -0.2) is 32.3 Å². The first-order valence-corrected chi connectivity index (χ1v) is 9.71. The number of benzene rings is 2. The Hall–Kier alpha value is -3.65. The van der Waals surface area contributed by atoms with Crippen LogP contribution in [0.25, 0.3) is 11.3 Å². The summed E-state index contributed by atoms with van der Waals surface area (Å²) in [6, 6.07) is 16.5. The molecule has 0 saturated heterocycles. The molecule has 1 aromatic heterocycles. The first-order valence-electron chi connectivity index (χ1n) is 9.71. The van der Waals surface area contributed by atoms with Gasteiger partial charge in [0.15, 0.2) is 0 Å². The number of aryl methyl sites for hydroxylation is 1. The van der Waals surface area contributed by atoms with Crippen LogP contribution < -0.4 is 10.6 Å². The Morgan fingerprint density at radius 1 is 0.968 bits per heavy atom. The van der Waals surface area contributed by atoms with E-state index in [2.05, 4.69) is 10.6 Å². The van der Waals surface area contributed by atoms with Gasteiger partial charge in [-0.1, -0.05) is 18.2 Å². The highest BCUT2D eigenvalue weighted by Gasteiger charge is 2.11. The number of anilines is 2. The third-order valence-electron chi connectivity index (χ3n) is 4.31. The van der Waals surface area contributed by atoms with E-state index in [1.807, 2.05) is 0 Å². The molecule has 0 radical (unpaired) electrons. The number of hydrogen-bond donors (Lipinski definition) is 2. The second kappa shape index (κ2) is 10.9. The van der Waals surface area contributed by atoms with Gasteiger partial charge in [0, 0.05) is 31.3 Å². The molecule has 8 heteroatoms. The molecular weight excluding hydrogens is 403 g/mol. The molecule has 2 N–H and O–H groups in total. The van der Waals surface area contributed by atoms with Crippen LogP contribution in [0, 0.1) is 5.82 Å². The molecule has 162 valence electrons. The van der Waals surface area contributed by atoms with E-state index in [1.54, 1.807) is 54.6 Å². The summed E-state index contributed by atoms with van der Waals surface area (Å²) in [5, 5.41) is 5.35. The zero-order valence-corrected chi connectivity index (χ0v) is 17.0. The number of carbonyl (C=O) groups excluding carboxylic acids is 2. The lowest BCUT2D eigenvalue weighted by molar-refractivity contribution is -0.116. The maximum absolute atomic E-state index is 13.9. The van der Waals surface area contributed by atoms with Crippen LogP contribution in [0.2, 0.25) is 0 Å². The normalized spacial score (nSPS) is 10.5. The number of rotatable bonds is 9. The van der Waals surface area contributed by atoms with Gasteiger partial charge in [0.05, 0.1) is 12.2 Å². The van der Waals surface area contributed by atoms with Crippen LogP contribution in [0.15, 0.2) is 65.1 Å². The van der Waals surface area contributed by atoms with Crippen LogP contribution in [-0.2, 0) is 20.7 Å². The fraction of sp³-hybridized carbons (Fsp3) is 0.217. The van der Waals surface area contributed by atoms with Crippen molar-refractivity contribution >= 4 is 23.4 Å². The van der Waals surface area contributed by atoms with E-state index in [9.17, 15) is 14.0 Å². The minimum Gasteiger partial charge on any atom is -0.461 e. The summed E-state index contributed by atoms with van der Waals surface area (Å²) in [5.41, 5.74) is 1.40. The molecule has 0 aliphatic carbocycles. The second-order valence-electron chi connectivity index (χ2n) is 6.63. The van der Waals surface area contributed by atoms with Crippen molar-refractivity contribution in [3.05, 3.63) is 72.2 Å². The largest absolute Gasteiger partial charge is 0.461 e. The van der Waals surface area contributed by atoms with E-state index in [1.165, 1.54) is 13.2 Å². The monoisotopic (exact) mass is 426 g/mol. The van der Waals surface area contributed by atoms with Gasteiger partial charge < -0.3 is 19.2 Å². The van der Waals surface area contributed by atoms with Gasteiger partial charge in [-0.05, 0) is 42.5 Å². The smallest absolute Gasteiger partial charge is 0.411 e. The Balaban J connectivity index is 1.50. The molecule has 0 spiro atoms. The van der Waals surface area contributed by atoms with Crippen LogP contribution in [0.4, 0.5) is 20.6 Å². The number of hydrogen-bond acceptors (Lipinski definition) is 5. The number of furan rings is 1. The van der Waals surface area contributed by atoms with Crippen LogP contribution in [0.5, 0.6) is 0 Å². The van der Waals surface area contributed by atoms with Gasteiger partial charge in [0.2, 0.25) is 5.91 Å². The van der Waals surface area contributed by atoms with Gasteiger partial charge in [-0.3, -0.25) is 10.1 Å². The van der Waals surface area contributed by atoms with Crippen molar-refractivity contribution in [1.82, 2.24) is 0 Å². The molecule has 0 saturated carbocycles. The minimum absolute atomic E-state index is 0.143. The zero-order chi connectivity index (χ0) is 22.1. The number of carbonyl (C=O) groups is 2. The maximum atomic E-state index is 13.9. The fourth-order valence-electron chi connectivity index (χ4n) is 2.82. The van der Waals surface area contributed by atoms with Crippen molar-refractivity contribution in [2.45, 2.75) is 12.8 Å². The third-order valence-corrected chi connectivity index (χ3v) is 4.31. The van der Waals surface area contributed by atoms with Crippen molar-refractivity contribution < 1.29 is 27.9 Å². The topological polar surface area (TPSA) is 89.8 Å². The summed E-state index contributed by atoms with van der Waals surface area (Å²) in [6.07, 6.45) is -0.0608. The van der Waals surface area contributed by atoms with E-state index in [4.69, 9.17) is 13.9 Å². The molecular formula is C23H23FN2O5. The van der Waals surface area contributed by atoms with Crippen molar-refractivity contribution in [2.75, 3.05) is 31.0 Å². The average molecular weight is 426 g/mol. The van der Waals surface area contributed by atoms with Crippen molar-refractivity contribution in [1.29, 1.82) is 0 Å². The summed E-state index contributed by atoms with van der Waals surface area (Å²) >= 11 is 0. The molecule has 0 aliphatic heterocycles. The molecule has 2 amide bonds. The summed E-state index contributed by atoms with van der Waals surface area (Å²) in [4.78, 5) is 24.0. The van der Waals surface area contributed by atoms with Gasteiger partial charge >= 0.3 is 6.09 Å². The standard InChI is InChI=1S/C23H23FN2O5/c1-29-13-14-30-23(28)26-17-6-4-5-16(15-17)25-22(27)12-10-18-9-11-21(31-18)19-7-2-3-8-20(19)24/h2-9,11,15H,10,12-14H2,1H3,(H,25,27)(H,26,28). The predicted molar refractivity (Wildman–Crippen MR) is 114 cm³/mol. The molecule has 0 aliphatic rings. The summed E-state index contributed by atoms with van der Waals surface area (Å²) < 4.78 is 29.3. The molecule has 0 bridgehead atoms. The van der Waals surface area contributed by atoms with E-state index in [0.29, 0.717) is 41.5 Å². The lowest BCUT2D eigenvalue weighted by Gasteiger charge is -2.09. The molecule has 2 aromatic carbocycles. The van der Waals surface area contributed by atoms with Gasteiger partial charge in [0.1, 0.15) is 23.9 Å². The SMILES string of the molecule is COCCOC(=O)Nc1cccc(NC(=O)CCc2ccc(-c3ccccc3F)o2)c1. The zero-order valence-electron chi connectivity index (χ0n) is 17.0. The quantitative estimate of drug-likeness (QED) is 0.478. The van der Waals surface area contributed by atoms with Crippen molar-refractivity contribution in [3.8, 4) is 11.3 Å². The highest BCUT2D eigenvalue weighted by molar-refractivity contribution is 5.92. The molecule has 3 aromatic rings. The first-order chi connectivity index (χ1) is 15.0. The van der Waals surface area contributed by atoms with Crippen LogP contribution in [0.1, 0.15) is 12.2 Å². The lowest BCUT2D eigenvalue weighted by atomic mass is 10.1. The average Bonchev–Trinajstić information content (AvgIpc) is 3.22. The predicted octanol–water partition coefficient (Wildman–Crippen LogP) is 4.85. The second-order valence-corrected chi connectivity index (χ2v) is 6.63. The Morgan fingerprint density at radius 3 is 2.52 bits per heavy atom. The number of methoxy groups -OCH3 is 1. The molecule has 1 heterocycles. The highest BCUT2D eigenvalue weighted by atomic mass is 19.1. The summed E-state index contributed by atoms with van der Waals surface area (Å²) in [5.74, 6) is 0.424. The molecule has 7 nitrogen and oxygen atoms in total. The van der Waals surface area contributed by atoms with Crippen molar-refractivity contribution in [3.63, 3.8) is 0 Å². The van der Waals surface area contributed by atoms with E-state index in [0.717, 1.165) is 0 Å². The summed E-state index contributed by atoms with van der Waals surface area (Å²) in [6.45, 7) is 0.450. The Bertz CT molecular complexity index is 1030. The number of amides is 2. The fourth-order valence-corrected chi connectivity index (χ4v) is 2.82. The first kappa shape index (κ1) is 22.0. The number of halogens is 1. The Morgan fingerprint density at radius 2 is 1.74 bits per heavy atom. The molecule has 0 atom stereocenters. The Kier molecular flexibility index (Phi) is 7.78. The van der Waals surface area contributed by atoms with Gasteiger partial charge in [-0.25, -0.2) is 9.18 Å². The molecule has 3 rings (SSSR count). The maximum Gasteiger partial charge on any atom is 0.411 e.